The van der Waals surface area contributed by atoms with Crippen molar-refractivity contribution in [3.8, 4) is 0 Å². The third-order valence-electron chi connectivity index (χ3n) is 1.66. The van der Waals surface area contributed by atoms with Crippen molar-refractivity contribution < 1.29 is 9.90 Å². The van der Waals surface area contributed by atoms with Gasteiger partial charge in [0.2, 0.25) is 5.91 Å². The third-order valence-corrected chi connectivity index (χ3v) is 1.66. The Labute approximate surface area is 74.2 Å². The predicted octanol–water partition coefficient (Wildman–Crippen LogP) is 0.920. The van der Waals surface area contributed by atoms with Crippen LogP contribution in [-0.2, 0) is 4.79 Å². The molecular formula is C9H19NO2. The summed E-state index contributed by atoms with van der Waals surface area (Å²) >= 11 is 0. The maximum atomic E-state index is 10.9. The van der Waals surface area contributed by atoms with Gasteiger partial charge in [0, 0.05) is 6.42 Å². The second-order valence-electron chi connectivity index (χ2n) is 3.43. The van der Waals surface area contributed by atoms with Crippen molar-refractivity contribution in [3.63, 3.8) is 0 Å². The van der Waals surface area contributed by atoms with E-state index in [4.69, 9.17) is 5.11 Å². The monoisotopic (exact) mass is 173 g/mol. The molecule has 12 heavy (non-hydrogen) atoms. The van der Waals surface area contributed by atoms with Crippen LogP contribution in [-0.4, -0.2) is 23.7 Å². The number of aliphatic hydroxyl groups is 1. The number of carbonyl (C=O) groups is 1. The van der Waals surface area contributed by atoms with Gasteiger partial charge in [0.05, 0.1) is 12.6 Å². The van der Waals surface area contributed by atoms with Crippen molar-refractivity contribution in [3.05, 3.63) is 0 Å². The number of rotatable bonds is 5. The molecule has 0 saturated heterocycles. The molecule has 0 spiro atoms. The van der Waals surface area contributed by atoms with Crippen LogP contribution >= 0.6 is 0 Å². The first-order valence-corrected chi connectivity index (χ1v) is 4.50. The lowest BCUT2D eigenvalue weighted by molar-refractivity contribution is -0.121. The summed E-state index contributed by atoms with van der Waals surface area (Å²) in [7, 11) is 0. The summed E-state index contributed by atoms with van der Waals surface area (Å²) in [5, 5.41) is 11.7. The van der Waals surface area contributed by atoms with Crippen LogP contribution in [0.5, 0.6) is 0 Å². The Balaban J connectivity index is 3.74. The summed E-state index contributed by atoms with van der Waals surface area (Å²) in [6.45, 7) is 5.98. The molecule has 0 aromatic heterocycles. The first-order valence-electron chi connectivity index (χ1n) is 4.50. The largest absolute Gasteiger partial charge is 0.394 e. The quantitative estimate of drug-likeness (QED) is 0.649. The number of amides is 1. The normalized spacial score (nSPS) is 13.1. The SMILES string of the molecule is CCC(=O)NC(CO)CC(C)C. The van der Waals surface area contributed by atoms with Crippen LogP contribution < -0.4 is 5.32 Å². The first-order chi connectivity index (χ1) is 5.60. The second-order valence-corrected chi connectivity index (χ2v) is 3.43. The van der Waals surface area contributed by atoms with Crippen LogP contribution in [0.3, 0.4) is 0 Å². The van der Waals surface area contributed by atoms with Crippen molar-refractivity contribution in [1.82, 2.24) is 5.32 Å². The fraction of sp³-hybridized carbons (Fsp3) is 0.889. The number of aliphatic hydroxyl groups excluding tert-OH is 1. The Kier molecular flexibility index (Phi) is 5.72. The van der Waals surface area contributed by atoms with Gasteiger partial charge in [-0.1, -0.05) is 20.8 Å². The smallest absolute Gasteiger partial charge is 0.220 e. The van der Waals surface area contributed by atoms with Crippen LogP contribution in [0.25, 0.3) is 0 Å². The van der Waals surface area contributed by atoms with Crippen molar-refractivity contribution >= 4 is 5.91 Å². The minimum atomic E-state index is -0.0718. The van der Waals surface area contributed by atoms with Crippen LogP contribution in [0.2, 0.25) is 0 Å². The van der Waals surface area contributed by atoms with Crippen molar-refractivity contribution in [2.75, 3.05) is 6.61 Å². The molecule has 0 rings (SSSR count). The molecule has 0 aromatic rings. The molecule has 3 heteroatoms. The highest BCUT2D eigenvalue weighted by Gasteiger charge is 2.11. The summed E-state index contributed by atoms with van der Waals surface area (Å²) in [4.78, 5) is 10.9. The zero-order chi connectivity index (χ0) is 9.56. The second kappa shape index (κ2) is 6.00. The molecule has 72 valence electrons. The minimum Gasteiger partial charge on any atom is -0.394 e. The highest BCUT2D eigenvalue weighted by Crippen LogP contribution is 2.03. The average molecular weight is 173 g/mol. The van der Waals surface area contributed by atoms with Crippen LogP contribution in [0, 0.1) is 5.92 Å². The molecule has 2 N–H and O–H groups in total. The summed E-state index contributed by atoms with van der Waals surface area (Å²) in [6.07, 6.45) is 1.32. The fourth-order valence-corrected chi connectivity index (χ4v) is 1.08. The Morgan fingerprint density at radius 2 is 2.08 bits per heavy atom. The van der Waals surface area contributed by atoms with E-state index in [9.17, 15) is 4.79 Å². The summed E-state index contributed by atoms with van der Waals surface area (Å²) in [6, 6.07) is -0.0718. The van der Waals surface area contributed by atoms with Gasteiger partial charge in [-0.25, -0.2) is 0 Å². The lowest BCUT2D eigenvalue weighted by atomic mass is 10.0. The molecule has 0 radical (unpaired) electrons. The van der Waals surface area contributed by atoms with Crippen LogP contribution in [0.15, 0.2) is 0 Å². The fourth-order valence-electron chi connectivity index (χ4n) is 1.08. The molecule has 0 aliphatic rings. The van der Waals surface area contributed by atoms with E-state index in [-0.39, 0.29) is 18.6 Å². The standard InChI is InChI=1S/C9H19NO2/c1-4-9(12)10-8(6-11)5-7(2)3/h7-8,11H,4-6H2,1-3H3,(H,10,12). The van der Waals surface area contributed by atoms with E-state index in [0.29, 0.717) is 12.3 Å². The predicted molar refractivity (Wildman–Crippen MR) is 48.8 cm³/mol. The van der Waals surface area contributed by atoms with Crippen molar-refractivity contribution in [2.45, 2.75) is 39.7 Å². The van der Waals surface area contributed by atoms with E-state index in [1.165, 1.54) is 0 Å². The molecule has 3 nitrogen and oxygen atoms in total. The molecule has 0 aliphatic carbocycles. The van der Waals surface area contributed by atoms with Crippen LogP contribution in [0.4, 0.5) is 0 Å². The van der Waals surface area contributed by atoms with Gasteiger partial charge in [0.1, 0.15) is 0 Å². The maximum Gasteiger partial charge on any atom is 0.220 e. The third kappa shape index (κ3) is 5.13. The summed E-state index contributed by atoms with van der Waals surface area (Å²) in [5.41, 5.74) is 0. The van der Waals surface area contributed by atoms with E-state index in [1.807, 2.05) is 0 Å². The topological polar surface area (TPSA) is 49.3 Å². The Morgan fingerprint density at radius 3 is 2.42 bits per heavy atom. The molecule has 0 aliphatic heterocycles. The van der Waals surface area contributed by atoms with Crippen molar-refractivity contribution in [2.24, 2.45) is 5.92 Å². The van der Waals surface area contributed by atoms with Gasteiger partial charge in [0.15, 0.2) is 0 Å². The molecule has 1 atom stereocenters. The Bertz CT molecular complexity index is 134. The van der Waals surface area contributed by atoms with E-state index in [0.717, 1.165) is 6.42 Å². The van der Waals surface area contributed by atoms with E-state index >= 15 is 0 Å². The van der Waals surface area contributed by atoms with Crippen molar-refractivity contribution in [1.29, 1.82) is 0 Å². The molecule has 0 fully saturated rings. The van der Waals surface area contributed by atoms with Gasteiger partial charge >= 0.3 is 0 Å². The zero-order valence-corrected chi connectivity index (χ0v) is 8.13. The molecule has 0 heterocycles. The number of nitrogens with one attached hydrogen (secondary N) is 1. The highest BCUT2D eigenvalue weighted by atomic mass is 16.3. The van der Waals surface area contributed by atoms with Gasteiger partial charge in [-0.05, 0) is 12.3 Å². The number of hydrogen-bond donors (Lipinski definition) is 2. The van der Waals surface area contributed by atoms with Gasteiger partial charge in [-0.3, -0.25) is 4.79 Å². The van der Waals surface area contributed by atoms with E-state index < -0.39 is 0 Å². The van der Waals surface area contributed by atoms with Gasteiger partial charge in [-0.15, -0.1) is 0 Å². The number of hydrogen-bond acceptors (Lipinski definition) is 2. The minimum absolute atomic E-state index is 0.00898. The molecule has 0 saturated carbocycles. The molecule has 0 aromatic carbocycles. The van der Waals surface area contributed by atoms with Gasteiger partial charge in [0.25, 0.3) is 0 Å². The van der Waals surface area contributed by atoms with E-state index in [2.05, 4.69) is 19.2 Å². The molecular weight excluding hydrogens is 154 g/mol. The van der Waals surface area contributed by atoms with Crippen LogP contribution in [0.1, 0.15) is 33.6 Å². The van der Waals surface area contributed by atoms with Gasteiger partial charge < -0.3 is 10.4 Å². The average Bonchev–Trinajstić information content (AvgIpc) is 2.02. The zero-order valence-electron chi connectivity index (χ0n) is 8.13. The first kappa shape index (κ1) is 11.4. The summed E-state index contributed by atoms with van der Waals surface area (Å²) in [5.74, 6) is 0.508. The molecule has 1 amide bonds. The number of carbonyl (C=O) groups excluding carboxylic acids is 1. The lowest BCUT2D eigenvalue weighted by Gasteiger charge is -2.17. The summed E-state index contributed by atoms with van der Waals surface area (Å²) < 4.78 is 0. The molecule has 1 unspecified atom stereocenters. The van der Waals surface area contributed by atoms with Gasteiger partial charge in [-0.2, -0.15) is 0 Å². The maximum absolute atomic E-state index is 10.9. The lowest BCUT2D eigenvalue weighted by Crippen LogP contribution is -2.37. The Hall–Kier alpha value is -0.570. The van der Waals surface area contributed by atoms with E-state index in [1.54, 1.807) is 6.92 Å². The Morgan fingerprint density at radius 1 is 1.50 bits per heavy atom. The highest BCUT2D eigenvalue weighted by molar-refractivity contribution is 5.75. The molecule has 0 bridgehead atoms.